The van der Waals surface area contributed by atoms with Crippen molar-refractivity contribution >= 4 is 5.97 Å². The van der Waals surface area contributed by atoms with Gasteiger partial charge in [0.15, 0.2) is 6.54 Å². The molecule has 0 aliphatic heterocycles. The van der Waals surface area contributed by atoms with Crippen molar-refractivity contribution < 1.29 is 18.8 Å². The summed E-state index contributed by atoms with van der Waals surface area (Å²) < 4.78 is 12.4. The van der Waals surface area contributed by atoms with E-state index in [-0.39, 0.29) is 5.97 Å². The number of esters is 1. The Kier molecular flexibility index (Phi) is 7.78. The van der Waals surface area contributed by atoms with Crippen molar-refractivity contribution in [1.29, 1.82) is 0 Å². The maximum absolute atomic E-state index is 12.1. The van der Waals surface area contributed by atoms with E-state index in [1.165, 1.54) is 38.5 Å². The number of rotatable bonds is 12. The molecule has 2 aliphatic carbocycles. The summed E-state index contributed by atoms with van der Waals surface area (Å²) in [6, 6.07) is 0. The number of quaternary nitrogens is 1. The van der Waals surface area contributed by atoms with Gasteiger partial charge in [-0.05, 0) is 42.4 Å². The quantitative estimate of drug-likeness (QED) is 0.276. The van der Waals surface area contributed by atoms with Crippen molar-refractivity contribution in [3.63, 3.8) is 0 Å². The van der Waals surface area contributed by atoms with Crippen molar-refractivity contribution in [3.8, 4) is 0 Å². The lowest BCUT2D eigenvalue weighted by atomic mass is 9.70. The highest BCUT2D eigenvalue weighted by Crippen LogP contribution is 2.66. The van der Waals surface area contributed by atoms with E-state index in [9.17, 15) is 4.79 Å². The minimum atomic E-state index is -0.0801. The van der Waals surface area contributed by atoms with E-state index in [0.717, 1.165) is 31.9 Å². The van der Waals surface area contributed by atoms with Crippen molar-refractivity contribution in [2.24, 2.45) is 16.7 Å². The molecule has 2 rings (SSSR count). The Labute approximate surface area is 167 Å². The third-order valence-electron chi connectivity index (χ3n) is 7.80. The van der Waals surface area contributed by atoms with Crippen molar-refractivity contribution in [3.05, 3.63) is 0 Å². The number of hydrogen-bond acceptors (Lipinski definition) is 3. The standard InChI is InChI=1S/C23H44NO3/c1-7-8-9-10-11-15-27-21(25)18-24(5,6)14-16-26-20-17-19-12-13-23(20,4)22(19,2)3/h19-20H,7-18H2,1-6H3/q+1/t19-,20+,23-/m0/s1. The molecule has 2 aliphatic rings. The molecule has 0 heterocycles. The van der Waals surface area contributed by atoms with Crippen LogP contribution in [0.15, 0.2) is 0 Å². The van der Waals surface area contributed by atoms with Crippen LogP contribution in [0.5, 0.6) is 0 Å². The Morgan fingerprint density at radius 3 is 2.37 bits per heavy atom. The highest BCUT2D eigenvalue weighted by molar-refractivity contribution is 5.70. The van der Waals surface area contributed by atoms with Gasteiger partial charge in [0.1, 0.15) is 6.54 Å². The summed E-state index contributed by atoms with van der Waals surface area (Å²) >= 11 is 0. The van der Waals surface area contributed by atoms with Gasteiger partial charge in [-0.15, -0.1) is 0 Å². The van der Waals surface area contributed by atoms with Crippen LogP contribution in [0.25, 0.3) is 0 Å². The van der Waals surface area contributed by atoms with E-state index in [1.807, 2.05) is 0 Å². The lowest BCUT2D eigenvalue weighted by Crippen LogP contribution is -2.47. The van der Waals surface area contributed by atoms with Crippen LogP contribution in [-0.4, -0.2) is 57.0 Å². The Bertz CT molecular complexity index is 488. The molecule has 0 aromatic rings. The molecule has 0 saturated heterocycles. The number of likely N-dealkylation sites (N-methyl/N-ethyl adjacent to an activating group) is 1. The zero-order valence-corrected chi connectivity index (χ0v) is 18.8. The fourth-order valence-corrected chi connectivity index (χ4v) is 5.19. The molecule has 2 fully saturated rings. The van der Waals surface area contributed by atoms with Gasteiger partial charge in [0, 0.05) is 0 Å². The summed E-state index contributed by atoms with van der Waals surface area (Å²) in [5.41, 5.74) is 0.703. The maximum Gasteiger partial charge on any atom is 0.361 e. The molecule has 2 saturated carbocycles. The summed E-state index contributed by atoms with van der Waals surface area (Å²) in [6.07, 6.45) is 10.1. The normalized spacial score (nSPS) is 29.3. The lowest BCUT2D eigenvalue weighted by Gasteiger charge is -2.39. The summed E-state index contributed by atoms with van der Waals surface area (Å²) in [5.74, 6) is 0.728. The molecule has 4 nitrogen and oxygen atoms in total. The molecule has 0 N–H and O–H groups in total. The van der Waals surface area contributed by atoms with Gasteiger partial charge >= 0.3 is 5.97 Å². The van der Waals surface area contributed by atoms with Crippen LogP contribution >= 0.6 is 0 Å². The predicted molar refractivity (Wildman–Crippen MR) is 111 cm³/mol. The minimum Gasteiger partial charge on any atom is -0.462 e. The fraction of sp³-hybridized carbons (Fsp3) is 0.957. The van der Waals surface area contributed by atoms with Crippen LogP contribution in [0.1, 0.15) is 79.1 Å². The van der Waals surface area contributed by atoms with Crippen LogP contribution in [0, 0.1) is 16.7 Å². The minimum absolute atomic E-state index is 0.0801. The number of carbonyl (C=O) groups excluding carboxylic acids is 1. The number of hydrogen-bond donors (Lipinski definition) is 0. The Hall–Kier alpha value is -0.610. The summed E-state index contributed by atoms with van der Waals surface area (Å²) in [7, 11) is 4.19. The number of unbranched alkanes of at least 4 members (excludes halogenated alkanes) is 4. The summed E-state index contributed by atoms with van der Waals surface area (Å²) in [4.78, 5) is 12.1. The number of nitrogens with zero attached hydrogens (tertiary/aromatic N) is 1. The topological polar surface area (TPSA) is 35.5 Å². The first-order valence-electron chi connectivity index (χ1n) is 11.2. The van der Waals surface area contributed by atoms with E-state index >= 15 is 0 Å². The molecular weight excluding hydrogens is 338 g/mol. The largest absolute Gasteiger partial charge is 0.462 e. The molecule has 4 heteroatoms. The monoisotopic (exact) mass is 382 g/mol. The van der Waals surface area contributed by atoms with Gasteiger partial charge in [0.25, 0.3) is 0 Å². The zero-order chi connectivity index (χ0) is 20.1. The Morgan fingerprint density at radius 2 is 1.78 bits per heavy atom. The van der Waals surface area contributed by atoms with Crippen LogP contribution in [0.2, 0.25) is 0 Å². The Morgan fingerprint density at radius 1 is 1.07 bits per heavy atom. The molecule has 0 amide bonds. The third kappa shape index (κ3) is 5.47. The first kappa shape index (κ1) is 22.7. The molecule has 0 spiro atoms. The molecule has 158 valence electrons. The average Bonchev–Trinajstić information content (AvgIpc) is 2.91. The van der Waals surface area contributed by atoms with Crippen molar-refractivity contribution in [1.82, 2.24) is 0 Å². The highest BCUT2D eigenvalue weighted by Gasteiger charge is 2.61. The molecule has 2 bridgehead atoms. The van der Waals surface area contributed by atoms with E-state index in [0.29, 0.717) is 34.6 Å². The smallest absolute Gasteiger partial charge is 0.361 e. The summed E-state index contributed by atoms with van der Waals surface area (Å²) in [6.45, 7) is 12.0. The van der Waals surface area contributed by atoms with Crippen LogP contribution in [-0.2, 0) is 14.3 Å². The first-order valence-corrected chi connectivity index (χ1v) is 11.2. The molecule has 27 heavy (non-hydrogen) atoms. The second-order valence-corrected chi connectivity index (χ2v) is 10.4. The molecule has 0 unspecified atom stereocenters. The second-order valence-electron chi connectivity index (χ2n) is 10.4. The van der Waals surface area contributed by atoms with Gasteiger partial charge in [0.2, 0.25) is 0 Å². The van der Waals surface area contributed by atoms with Gasteiger partial charge < -0.3 is 14.0 Å². The van der Waals surface area contributed by atoms with E-state index < -0.39 is 0 Å². The molecule has 0 aromatic heterocycles. The van der Waals surface area contributed by atoms with E-state index in [2.05, 4.69) is 41.8 Å². The SMILES string of the molecule is CCCCCCCOC(=O)C[N+](C)(C)CCO[C@@H]1C[C@@H]2CC[C@]1(C)C2(C)C. The average molecular weight is 383 g/mol. The zero-order valence-electron chi connectivity index (χ0n) is 18.8. The first-order chi connectivity index (χ1) is 12.6. The predicted octanol–water partition coefficient (Wildman–Crippen LogP) is 4.81. The Balaban J connectivity index is 1.64. The number of ether oxygens (including phenoxy) is 2. The number of fused-ring (bicyclic) bond motifs is 2. The molecule has 3 atom stereocenters. The van der Waals surface area contributed by atoms with Crippen molar-refractivity contribution in [2.45, 2.75) is 85.2 Å². The van der Waals surface area contributed by atoms with Gasteiger partial charge in [-0.3, -0.25) is 0 Å². The van der Waals surface area contributed by atoms with Crippen LogP contribution in [0.4, 0.5) is 0 Å². The van der Waals surface area contributed by atoms with E-state index in [1.54, 1.807) is 0 Å². The number of carbonyl (C=O) groups is 1. The molecule has 0 radical (unpaired) electrons. The van der Waals surface area contributed by atoms with Gasteiger partial charge in [-0.1, -0.05) is 53.4 Å². The van der Waals surface area contributed by atoms with E-state index in [4.69, 9.17) is 9.47 Å². The second kappa shape index (κ2) is 9.26. The van der Waals surface area contributed by atoms with Gasteiger partial charge in [-0.2, -0.15) is 0 Å². The lowest BCUT2D eigenvalue weighted by molar-refractivity contribution is -0.883. The van der Waals surface area contributed by atoms with Crippen LogP contribution in [0.3, 0.4) is 0 Å². The van der Waals surface area contributed by atoms with Crippen LogP contribution < -0.4 is 0 Å². The molecule has 0 aromatic carbocycles. The van der Waals surface area contributed by atoms with Gasteiger partial charge in [0.05, 0.1) is 33.4 Å². The third-order valence-corrected chi connectivity index (χ3v) is 7.80. The summed E-state index contributed by atoms with van der Waals surface area (Å²) in [5, 5.41) is 0. The van der Waals surface area contributed by atoms with Crippen molar-refractivity contribution in [2.75, 3.05) is 40.4 Å². The maximum atomic E-state index is 12.1. The molecular formula is C23H44NO3+. The highest BCUT2D eigenvalue weighted by atomic mass is 16.5. The van der Waals surface area contributed by atoms with Gasteiger partial charge in [-0.25, -0.2) is 4.79 Å². The fourth-order valence-electron chi connectivity index (χ4n) is 5.19.